The smallest absolute Gasteiger partial charge is 0.0600 e. The van der Waals surface area contributed by atoms with Crippen LogP contribution in [0.1, 0.15) is 51.3 Å². The summed E-state index contributed by atoms with van der Waals surface area (Å²) < 4.78 is 6.03. The van der Waals surface area contributed by atoms with Gasteiger partial charge in [-0.15, -0.1) is 0 Å². The molecular weight excluding hydrogens is 246 g/mol. The summed E-state index contributed by atoms with van der Waals surface area (Å²) in [5.41, 5.74) is 2.84. The van der Waals surface area contributed by atoms with Gasteiger partial charge in [0.05, 0.1) is 12.2 Å². The van der Waals surface area contributed by atoms with Gasteiger partial charge >= 0.3 is 0 Å². The first-order valence-electron chi connectivity index (χ1n) is 8.00. The first-order valence-corrected chi connectivity index (χ1v) is 8.00. The van der Waals surface area contributed by atoms with Crippen molar-refractivity contribution < 1.29 is 4.74 Å². The van der Waals surface area contributed by atoms with Gasteiger partial charge in [-0.2, -0.15) is 0 Å². The third-order valence-corrected chi connectivity index (χ3v) is 4.86. The lowest BCUT2D eigenvalue weighted by Gasteiger charge is -2.29. The molecule has 1 aliphatic heterocycles. The molecule has 5 atom stereocenters. The van der Waals surface area contributed by atoms with E-state index in [4.69, 9.17) is 4.74 Å². The van der Waals surface area contributed by atoms with Gasteiger partial charge in [0.2, 0.25) is 0 Å². The summed E-state index contributed by atoms with van der Waals surface area (Å²) in [6, 6.07) is 9.43. The van der Waals surface area contributed by atoms with Gasteiger partial charge in [0, 0.05) is 12.0 Å². The fourth-order valence-corrected chi connectivity index (χ4v) is 3.68. The van der Waals surface area contributed by atoms with E-state index in [0.717, 1.165) is 6.42 Å². The number of ether oxygens (including phenoxy) is 1. The SMILES string of the molecule is CCCc1cccc(C(NC)C2C(C)OC(C)C2C)c1. The Hall–Kier alpha value is -0.860. The number of aryl methyl sites for hydroxylation is 1. The summed E-state index contributed by atoms with van der Waals surface area (Å²) in [7, 11) is 2.07. The maximum atomic E-state index is 6.03. The van der Waals surface area contributed by atoms with Crippen LogP contribution in [-0.2, 0) is 11.2 Å². The van der Waals surface area contributed by atoms with Crippen LogP contribution in [0, 0.1) is 11.8 Å². The van der Waals surface area contributed by atoms with Crippen molar-refractivity contribution in [2.45, 2.75) is 58.8 Å². The lowest BCUT2D eigenvalue weighted by atomic mass is 9.80. The highest BCUT2D eigenvalue weighted by atomic mass is 16.5. The van der Waals surface area contributed by atoms with Gasteiger partial charge in [-0.05, 0) is 44.4 Å². The van der Waals surface area contributed by atoms with Crippen LogP contribution in [0.5, 0.6) is 0 Å². The number of hydrogen-bond acceptors (Lipinski definition) is 2. The molecule has 20 heavy (non-hydrogen) atoms. The Balaban J connectivity index is 2.25. The van der Waals surface area contributed by atoms with Crippen molar-refractivity contribution in [3.63, 3.8) is 0 Å². The quantitative estimate of drug-likeness (QED) is 0.878. The minimum Gasteiger partial charge on any atom is -0.375 e. The number of benzene rings is 1. The molecule has 5 unspecified atom stereocenters. The highest BCUT2D eigenvalue weighted by Crippen LogP contribution is 2.40. The number of nitrogens with one attached hydrogen (secondary N) is 1. The molecule has 112 valence electrons. The number of hydrogen-bond donors (Lipinski definition) is 1. The Morgan fingerprint density at radius 2 is 1.95 bits per heavy atom. The van der Waals surface area contributed by atoms with Gasteiger partial charge < -0.3 is 10.1 Å². The van der Waals surface area contributed by atoms with E-state index in [1.165, 1.54) is 17.5 Å². The van der Waals surface area contributed by atoms with Crippen LogP contribution in [0.4, 0.5) is 0 Å². The van der Waals surface area contributed by atoms with E-state index >= 15 is 0 Å². The normalized spacial score (nSPS) is 31.4. The lowest BCUT2D eigenvalue weighted by Crippen LogP contribution is -2.33. The van der Waals surface area contributed by atoms with Gasteiger partial charge in [-0.25, -0.2) is 0 Å². The minimum atomic E-state index is 0.312. The molecule has 0 saturated carbocycles. The highest BCUT2D eigenvalue weighted by Gasteiger charge is 2.41. The summed E-state index contributed by atoms with van der Waals surface area (Å²) in [6.07, 6.45) is 3.02. The molecule has 1 aliphatic rings. The molecule has 1 aromatic carbocycles. The van der Waals surface area contributed by atoms with Crippen molar-refractivity contribution in [1.82, 2.24) is 5.32 Å². The number of rotatable bonds is 5. The van der Waals surface area contributed by atoms with Crippen LogP contribution in [-0.4, -0.2) is 19.3 Å². The Morgan fingerprint density at radius 1 is 1.20 bits per heavy atom. The summed E-state index contributed by atoms with van der Waals surface area (Å²) in [4.78, 5) is 0. The van der Waals surface area contributed by atoms with Gasteiger partial charge in [0.15, 0.2) is 0 Å². The second-order valence-corrected chi connectivity index (χ2v) is 6.24. The maximum absolute atomic E-state index is 6.03. The molecule has 1 aromatic rings. The zero-order valence-electron chi connectivity index (χ0n) is 13.5. The Kier molecular flexibility index (Phi) is 5.22. The molecule has 0 amide bonds. The van der Waals surface area contributed by atoms with Crippen LogP contribution < -0.4 is 5.32 Å². The average molecular weight is 275 g/mol. The van der Waals surface area contributed by atoms with E-state index in [0.29, 0.717) is 30.1 Å². The van der Waals surface area contributed by atoms with Crippen molar-refractivity contribution in [3.05, 3.63) is 35.4 Å². The highest BCUT2D eigenvalue weighted by molar-refractivity contribution is 5.27. The average Bonchev–Trinajstić information content (AvgIpc) is 2.67. The molecule has 1 fully saturated rings. The molecule has 0 aromatic heterocycles. The van der Waals surface area contributed by atoms with Crippen LogP contribution in [0.2, 0.25) is 0 Å². The van der Waals surface area contributed by atoms with Gasteiger partial charge in [-0.1, -0.05) is 44.5 Å². The van der Waals surface area contributed by atoms with Gasteiger partial charge in [0.1, 0.15) is 0 Å². The van der Waals surface area contributed by atoms with Crippen LogP contribution in [0.3, 0.4) is 0 Å². The Labute approximate surface area is 123 Å². The van der Waals surface area contributed by atoms with Crippen LogP contribution in [0.25, 0.3) is 0 Å². The second kappa shape index (κ2) is 6.73. The van der Waals surface area contributed by atoms with E-state index in [-0.39, 0.29) is 0 Å². The fourth-order valence-electron chi connectivity index (χ4n) is 3.68. The first-order chi connectivity index (χ1) is 9.58. The molecule has 1 N–H and O–H groups in total. The third kappa shape index (κ3) is 3.07. The van der Waals surface area contributed by atoms with Crippen molar-refractivity contribution in [1.29, 1.82) is 0 Å². The van der Waals surface area contributed by atoms with E-state index in [1.807, 2.05) is 0 Å². The summed E-state index contributed by atoms with van der Waals surface area (Å²) in [5, 5.41) is 3.53. The Bertz CT molecular complexity index is 431. The molecule has 0 spiro atoms. The molecule has 0 aliphatic carbocycles. The minimum absolute atomic E-state index is 0.312. The Morgan fingerprint density at radius 3 is 2.50 bits per heavy atom. The van der Waals surface area contributed by atoms with Crippen molar-refractivity contribution in [2.75, 3.05) is 7.05 Å². The molecule has 1 saturated heterocycles. The molecule has 2 rings (SSSR count). The zero-order valence-corrected chi connectivity index (χ0v) is 13.5. The molecule has 2 nitrogen and oxygen atoms in total. The van der Waals surface area contributed by atoms with Crippen molar-refractivity contribution in [3.8, 4) is 0 Å². The van der Waals surface area contributed by atoms with E-state index < -0.39 is 0 Å². The third-order valence-electron chi connectivity index (χ3n) is 4.86. The molecule has 0 bridgehead atoms. The first kappa shape index (κ1) is 15.5. The maximum Gasteiger partial charge on any atom is 0.0600 e. The van der Waals surface area contributed by atoms with Crippen LogP contribution >= 0.6 is 0 Å². The molecule has 0 radical (unpaired) electrons. The van der Waals surface area contributed by atoms with Gasteiger partial charge in [0.25, 0.3) is 0 Å². The monoisotopic (exact) mass is 275 g/mol. The largest absolute Gasteiger partial charge is 0.375 e. The van der Waals surface area contributed by atoms with E-state index in [9.17, 15) is 0 Å². The van der Waals surface area contributed by atoms with E-state index in [1.54, 1.807) is 0 Å². The topological polar surface area (TPSA) is 21.3 Å². The second-order valence-electron chi connectivity index (χ2n) is 6.24. The summed E-state index contributed by atoms with van der Waals surface area (Å²) in [5.74, 6) is 1.11. The molecule has 2 heteroatoms. The zero-order chi connectivity index (χ0) is 14.7. The summed E-state index contributed by atoms with van der Waals surface area (Å²) in [6.45, 7) is 8.96. The lowest BCUT2D eigenvalue weighted by molar-refractivity contribution is 0.0478. The molecular formula is C18H29NO. The predicted octanol–water partition coefficient (Wildman–Crippen LogP) is 3.96. The van der Waals surface area contributed by atoms with Crippen LogP contribution in [0.15, 0.2) is 24.3 Å². The van der Waals surface area contributed by atoms with E-state index in [2.05, 4.69) is 64.3 Å². The van der Waals surface area contributed by atoms with Gasteiger partial charge in [-0.3, -0.25) is 0 Å². The predicted molar refractivity (Wildman–Crippen MR) is 84.9 cm³/mol. The van der Waals surface area contributed by atoms with Crippen molar-refractivity contribution >= 4 is 0 Å². The standard InChI is InChI=1S/C18H29NO/c1-6-8-15-9-7-10-16(11-15)18(19-5)17-12(2)13(3)20-14(17)4/h7,9-14,17-19H,6,8H2,1-5H3. The van der Waals surface area contributed by atoms with Crippen molar-refractivity contribution in [2.24, 2.45) is 11.8 Å². The fraction of sp³-hybridized carbons (Fsp3) is 0.667. The summed E-state index contributed by atoms with van der Waals surface area (Å²) >= 11 is 0. The molecule has 1 heterocycles.